The first kappa shape index (κ1) is 16.5. The smallest absolute Gasteiger partial charge is 0.310 e. The van der Waals surface area contributed by atoms with Crippen molar-refractivity contribution in [3.05, 3.63) is 59.7 Å². The highest BCUT2D eigenvalue weighted by molar-refractivity contribution is 7.90. The van der Waals surface area contributed by atoms with Crippen LogP contribution in [0.5, 0.6) is 0 Å². The minimum Gasteiger partial charge on any atom is -0.310 e. The lowest BCUT2D eigenvalue weighted by Crippen LogP contribution is -2.11. The van der Waals surface area contributed by atoms with Gasteiger partial charge in [-0.25, -0.2) is 13.4 Å². The van der Waals surface area contributed by atoms with E-state index >= 15 is 0 Å². The van der Waals surface area contributed by atoms with Crippen molar-refractivity contribution < 1.29 is 21.6 Å². The molecule has 4 nitrogen and oxygen atoms in total. The Morgan fingerprint density at radius 2 is 1.67 bits per heavy atom. The molecule has 0 unspecified atom stereocenters. The van der Waals surface area contributed by atoms with Crippen molar-refractivity contribution in [1.29, 1.82) is 0 Å². The standard InChI is InChI=1S/C16H13F3N2O2S/c1-24(22,23)15-20-13-4-2-3-5-14(13)21(15)10-11-6-8-12(9-7-11)16(17,18)19/h2-9H,10H2,1H3. The molecule has 0 bridgehead atoms. The number of sulfone groups is 1. The van der Waals surface area contributed by atoms with E-state index in [4.69, 9.17) is 0 Å². The lowest BCUT2D eigenvalue weighted by molar-refractivity contribution is -0.137. The molecule has 3 rings (SSSR count). The summed E-state index contributed by atoms with van der Waals surface area (Å²) in [5, 5.41) is -0.108. The second kappa shape index (κ2) is 5.62. The van der Waals surface area contributed by atoms with E-state index in [1.54, 1.807) is 24.3 Å². The molecule has 0 atom stereocenters. The van der Waals surface area contributed by atoms with Crippen molar-refractivity contribution in [2.24, 2.45) is 0 Å². The van der Waals surface area contributed by atoms with Crippen LogP contribution in [0.3, 0.4) is 0 Å². The van der Waals surface area contributed by atoms with E-state index in [2.05, 4.69) is 4.98 Å². The lowest BCUT2D eigenvalue weighted by atomic mass is 10.1. The second-order valence-electron chi connectivity index (χ2n) is 5.44. The summed E-state index contributed by atoms with van der Waals surface area (Å²) in [6.45, 7) is 0.112. The van der Waals surface area contributed by atoms with Crippen LogP contribution in [-0.2, 0) is 22.6 Å². The van der Waals surface area contributed by atoms with Gasteiger partial charge >= 0.3 is 6.18 Å². The molecule has 0 spiro atoms. The Morgan fingerprint density at radius 1 is 1.04 bits per heavy atom. The summed E-state index contributed by atoms with van der Waals surface area (Å²) in [6.07, 6.45) is -3.35. The molecule has 2 aromatic carbocycles. The molecule has 0 radical (unpaired) electrons. The van der Waals surface area contributed by atoms with Gasteiger partial charge in [0.05, 0.1) is 23.1 Å². The summed E-state index contributed by atoms with van der Waals surface area (Å²) < 4.78 is 63.3. The van der Waals surface area contributed by atoms with Crippen molar-refractivity contribution in [1.82, 2.24) is 9.55 Å². The summed E-state index contributed by atoms with van der Waals surface area (Å²) in [6, 6.07) is 11.5. The van der Waals surface area contributed by atoms with Crippen LogP contribution in [0.15, 0.2) is 53.7 Å². The fourth-order valence-corrected chi connectivity index (χ4v) is 3.30. The lowest BCUT2D eigenvalue weighted by Gasteiger charge is -2.10. The van der Waals surface area contributed by atoms with Crippen LogP contribution < -0.4 is 0 Å². The number of alkyl halides is 3. The zero-order chi connectivity index (χ0) is 17.5. The van der Waals surface area contributed by atoms with Crippen molar-refractivity contribution >= 4 is 20.9 Å². The first-order chi connectivity index (χ1) is 11.2. The van der Waals surface area contributed by atoms with Gasteiger partial charge in [0.25, 0.3) is 0 Å². The van der Waals surface area contributed by atoms with Crippen LogP contribution in [0.2, 0.25) is 0 Å². The number of hydrogen-bond acceptors (Lipinski definition) is 3. The van der Waals surface area contributed by atoms with Gasteiger partial charge in [-0.3, -0.25) is 0 Å². The molecule has 0 aliphatic carbocycles. The molecule has 3 aromatic rings. The number of hydrogen-bond donors (Lipinski definition) is 0. The Labute approximate surface area is 136 Å². The normalized spacial score (nSPS) is 12.7. The zero-order valence-corrected chi connectivity index (χ0v) is 13.4. The Bertz CT molecular complexity index is 990. The van der Waals surface area contributed by atoms with Crippen LogP contribution in [0.25, 0.3) is 11.0 Å². The summed E-state index contributed by atoms with van der Waals surface area (Å²) >= 11 is 0. The maximum Gasteiger partial charge on any atom is 0.416 e. The first-order valence-electron chi connectivity index (χ1n) is 6.98. The van der Waals surface area contributed by atoms with Crippen molar-refractivity contribution in [3.63, 3.8) is 0 Å². The number of nitrogens with zero attached hydrogens (tertiary/aromatic N) is 2. The SMILES string of the molecule is CS(=O)(=O)c1nc2ccccc2n1Cc1ccc(C(F)(F)F)cc1. The molecule has 0 saturated heterocycles. The third kappa shape index (κ3) is 3.14. The Balaban J connectivity index is 2.06. The average molecular weight is 354 g/mol. The van der Waals surface area contributed by atoms with Gasteiger partial charge in [-0.05, 0) is 29.8 Å². The number of fused-ring (bicyclic) bond motifs is 1. The predicted molar refractivity (Wildman–Crippen MR) is 83.4 cm³/mol. The van der Waals surface area contributed by atoms with E-state index in [0.29, 0.717) is 16.6 Å². The average Bonchev–Trinajstić information content (AvgIpc) is 2.86. The van der Waals surface area contributed by atoms with E-state index in [1.807, 2.05) is 0 Å². The van der Waals surface area contributed by atoms with Crippen LogP contribution in [0, 0.1) is 0 Å². The third-order valence-electron chi connectivity index (χ3n) is 3.57. The fourth-order valence-electron chi connectivity index (χ4n) is 2.47. The number of imidazole rings is 1. The van der Waals surface area contributed by atoms with Gasteiger partial charge in [-0.15, -0.1) is 0 Å². The molecular formula is C16H13F3N2O2S. The Hall–Kier alpha value is -2.35. The molecule has 0 saturated carbocycles. The van der Waals surface area contributed by atoms with Gasteiger partial charge in [-0.1, -0.05) is 24.3 Å². The van der Waals surface area contributed by atoms with Crippen molar-refractivity contribution in [2.45, 2.75) is 17.9 Å². The number of benzene rings is 2. The number of halogens is 3. The van der Waals surface area contributed by atoms with Crippen LogP contribution >= 0.6 is 0 Å². The summed E-state index contributed by atoms with van der Waals surface area (Å²) in [5.74, 6) is 0. The summed E-state index contributed by atoms with van der Waals surface area (Å²) in [7, 11) is -3.57. The highest BCUT2D eigenvalue weighted by Gasteiger charge is 2.30. The molecule has 0 fully saturated rings. The fraction of sp³-hybridized carbons (Fsp3) is 0.188. The van der Waals surface area contributed by atoms with Gasteiger partial charge in [-0.2, -0.15) is 13.2 Å². The maximum absolute atomic E-state index is 12.6. The van der Waals surface area contributed by atoms with Crippen LogP contribution in [0.1, 0.15) is 11.1 Å². The van der Waals surface area contributed by atoms with E-state index < -0.39 is 21.6 Å². The molecule has 0 aliphatic heterocycles. The number of para-hydroxylation sites is 2. The van der Waals surface area contributed by atoms with Gasteiger partial charge < -0.3 is 4.57 Å². The topological polar surface area (TPSA) is 52.0 Å². The summed E-state index contributed by atoms with van der Waals surface area (Å²) in [5.41, 5.74) is 0.934. The molecular weight excluding hydrogens is 341 g/mol. The maximum atomic E-state index is 12.6. The quantitative estimate of drug-likeness (QED) is 0.723. The van der Waals surface area contributed by atoms with E-state index in [1.165, 1.54) is 16.7 Å². The van der Waals surface area contributed by atoms with Crippen LogP contribution in [-0.4, -0.2) is 24.2 Å². The van der Waals surface area contributed by atoms with Crippen molar-refractivity contribution in [3.8, 4) is 0 Å². The third-order valence-corrected chi connectivity index (χ3v) is 4.55. The largest absolute Gasteiger partial charge is 0.416 e. The highest BCUT2D eigenvalue weighted by atomic mass is 32.2. The Morgan fingerprint density at radius 3 is 2.25 bits per heavy atom. The Kier molecular flexibility index (Phi) is 3.87. The zero-order valence-electron chi connectivity index (χ0n) is 12.6. The molecule has 0 aliphatic rings. The second-order valence-corrected chi connectivity index (χ2v) is 7.35. The first-order valence-corrected chi connectivity index (χ1v) is 8.87. The molecule has 1 heterocycles. The van der Waals surface area contributed by atoms with Gasteiger partial charge in [0.15, 0.2) is 0 Å². The monoisotopic (exact) mass is 354 g/mol. The van der Waals surface area contributed by atoms with Gasteiger partial charge in [0.1, 0.15) is 0 Å². The molecule has 0 N–H and O–H groups in total. The predicted octanol–water partition coefficient (Wildman–Crippen LogP) is 3.51. The minimum absolute atomic E-state index is 0.108. The highest BCUT2D eigenvalue weighted by Crippen LogP contribution is 2.29. The van der Waals surface area contributed by atoms with Gasteiger partial charge in [0, 0.05) is 6.26 Å². The van der Waals surface area contributed by atoms with E-state index in [0.717, 1.165) is 18.4 Å². The van der Waals surface area contributed by atoms with Gasteiger partial charge in [0.2, 0.25) is 15.0 Å². The molecule has 126 valence electrons. The van der Waals surface area contributed by atoms with E-state index in [-0.39, 0.29) is 11.7 Å². The minimum atomic E-state index is -4.40. The molecule has 1 aromatic heterocycles. The molecule has 24 heavy (non-hydrogen) atoms. The summed E-state index contributed by atoms with van der Waals surface area (Å²) in [4.78, 5) is 4.13. The van der Waals surface area contributed by atoms with Crippen molar-refractivity contribution in [2.75, 3.05) is 6.26 Å². The number of rotatable bonds is 3. The molecule has 0 amide bonds. The van der Waals surface area contributed by atoms with E-state index in [9.17, 15) is 21.6 Å². The molecule has 8 heteroatoms. The number of aromatic nitrogens is 2. The van der Waals surface area contributed by atoms with Crippen LogP contribution in [0.4, 0.5) is 13.2 Å².